The van der Waals surface area contributed by atoms with Crippen LogP contribution in [0.15, 0.2) is 114 Å². The molecule has 0 N–H and O–H groups in total. The van der Waals surface area contributed by atoms with E-state index < -0.39 is 0 Å². The summed E-state index contributed by atoms with van der Waals surface area (Å²) in [6, 6.07) is 41.3. The molecule has 264 valence electrons. The molecule has 6 aromatic carbocycles. The van der Waals surface area contributed by atoms with Crippen LogP contribution in [-0.2, 0) is 10.8 Å². The first-order valence-corrected chi connectivity index (χ1v) is 21.2. The summed E-state index contributed by atoms with van der Waals surface area (Å²) in [5.41, 5.74) is 14.5. The fraction of sp³-hybridized carbons (Fsp3) is 0.184. The van der Waals surface area contributed by atoms with E-state index in [4.69, 9.17) is 4.42 Å². The Labute approximate surface area is 327 Å². The Morgan fingerprint density at radius 1 is 0.636 bits per heavy atom. The van der Waals surface area contributed by atoms with Crippen molar-refractivity contribution < 1.29 is 4.42 Å². The number of rotatable bonds is 1. The first kappa shape index (κ1) is 31.0. The lowest BCUT2D eigenvalue weighted by molar-refractivity contribution is 0.332. The van der Waals surface area contributed by atoms with Gasteiger partial charge in [-0.2, -0.15) is 0 Å². The van der Waals surface area contributed by atoms with Crippen molar-refractivity contribution in [3.63, 3.8) is 0 Å². The molecule has 0 bridgehead atoms. The second-order valence-corrected chi connectivity index (χ2v) is 19.6. The Bertz CT molecular complexity index is 3370. The summed E-state index contributed by atoms with van der Waals surface area (Å²) in [5.74, 6) is 0.945. The van der Waals surface area contributed by atoms with Crippen molar-refractivity contribution in [2.75, 3.05) is 4.90 Å². The maximum Gasteiger partial charge on any atom is 0.337 e. The van der Waals surface area contributed by atoms with Gasteiger partial charge in [0, 0.05) is 58.3 Å². The topological polar surface area (TPSA) is 21.3 Å². The lowest BCUT2D eigenvalue weighted by atomic mass is 9.45. The van der Waals surface area contributed by atoms with Gasteiger partial charge in [-0.3, -0.25) is 4.90 Å². The number of thiophene rings is 2. The minimum atomic E-state index is -0.0641. The molecule has 6 heteroatoms. The molecule has 6 heterocycles. The van der Waals surface area contributed by atoms with E-state index in [0.29, 0.717) is 0 Å². The zero-order valence-corrected chi connectivity index (χ0v) is 33.1. The van der Waals surface area contributed by atoms with Crippen molar-refractivity contribution >= 4 is 120 Å². The summed E-state index contributed by atoms with van der Waals surface area (Å²) >= 11 is 3.86. The van der Waals surface area contributed by atoms with Gasteiger partial charge in [-0.05, 0) is 88.6 Å². The lowest BCUT2D eigenvalue weighted by Crippen LogP contribution is -2.56. The largest absolute Gasteiger partial charge is 0.440 e. The first-order chi connectivity index (χ1) is 26.7. The highest BCUT2D eigenvalue weighted by molar-refractivity contribution is 7.27. The molecule has 3 aliphatic rings. The van der Waals surface area contributed by atoms with E-state index >= 15 is 0 Å². The Kier molecular flexibility index (Phi) is 5.69. The van der Waals surface area contributed by atoms with Gasteiger partial charge in [-0.15, -0.1) is 22.7 Å². The smallest absolute Gasteiger partial charge is 0.337 e. The van der Waals surface area contributed by atoms with Crippen LogP contribution in [0.25, 0.3) is 73.5 Å². The lowest BCUT2D eigenvalue weighted by Gasteiger charge is -2.44. The molecular weight excluding hydrogens is 707 g/mol. The van der Waals surface area contributed by atoms with Crippen molar-refractivity contribution in [2.24, 2.45) is 0 Å². The standard InChI is InChI=1S/C49H37BN2OS2/c1-26-23-34-35(49(4,5)22-21-48(34,2)3)25-36(26)51-44-41-32(24-33-27-13-7-10-19-38(27)54-45(33)44)28-16-12-17-31-40-30-15-8-11-20-39(30)55-47(40)52(43(28)31)50(41)42-29-14-6-9-18-37(29)53-46(42)51/h6-20,23-25H,21-22H2,1-5H3. The van der Waals surface area contributed by atoms with Gasteiger partial charge >= 0.3 is 6.85 Å². The van der Waals surface area contributed by atoms with Gasteiger partial charge in [0.15, 0.2) is 0 Å². The quantitative estimate of drug-likeness (QED) is 0.156. The summed E-state index contributed by atoms with van der Waals surface area (Å²) in [6.45, 7) is 12.0. The average Bonchev–Trinajstić information content (AvgIpc) is 3.94. The third-order valence-electron chi connectivity index (χ3n) is 13.6. The van der Waals surface area contributed by atoms with E-state index in [0.717, 1.165) is 11.5 Å². The minimum Gasteiger partial charge on any atom is -0.440 e. The predicted molar refractivity (Wildman–Crippen MR) is 238 cm³/mol. The van der Waals surface area contributed by atoms with Gasteiger partial charge in [0.1, 0.15) is 5.58 Å². The number of benzene rings is 6. The molecule has 1 aliphatic carbocycles. The Morgan fingerprint density at radius 3 is 2.11 bits per heavy atom. The highest BCUT2D eigenvalue weighted by atomic mass is 32.1. The van der Waals surface area contributed by atoms with E-state index in [-0.39, 0.29) is 17.7 Å². The van der Waals surface area contributed by atoms with Crippen LogP contribution in [-0.4, -0.2) is 11.3 Å². The van der Waals surface area contributed by atoms with E-state index in [1.54, 1.807) is 0 Å². The molecule has 0 radical (unpaired) electrons. The van der Waals surface area contributed by atoms with E-state index in [1.165, 1.54) is 120 Å². The monoisotopic (exact) mass is 744 g/mol. The summed E-state index contributed by atoms with van der Waals surface area (Å²) in [5, 5.41) is 7.86. The highest BCUT2D eigenvalue weighted by Crippen LogP contribution is 2.55. The van der Waals surface area contributed by atoms with Crippen molar-refractivity contribution in [1.29, 1.82) is 0 Å². The van der Waals surface area contributed by atoms with Crippen molar-refractivity contribution in [2.45, 2.75) is 58.3 Å². The Morgan fingerprint density at radius 2 is 1.31 bits per heavy atom. The van der Waals surface area contributed by atoms with Crippen LogP contribution in [0.2, 0.25) is 0 Å². The number of para-hydroxylation sites is 2. The van der Waals surface area contributed by atoms with Gasteiger partial charge in [-0.25, -0.2) is 0 Å². The van der Waals surface area contributed by atoms with Gasteiger partial charge in [-0.1, -0.05) is 107 Å². The number of hydrogen-bond acceptors (Lipinski definition) is 4. The van der Waals surface area contributed by atoms with Crippen molar-refractivity contribution in [3.05, 3.63) is 126 Å². The Balaban J connectivity index is 1.25. The molecule has 0 saturated carbocycles. The van der Waals surface area contributed by atoms with E-state index in [9.17, 15) is 0 Å². The Hall–Kier alpha value is -5.30. The fourth-order valence-corrected chi connectivity index (χ4v) is 13.3. The highest BCUT2D eigenvalue weighted by Gasteiger charge is 2.48. The molecule has 55 heavy (non-hydrogen) atoms. The molecule has 0 fully saturated rings. The maximum atomic E-state index is 7.28. The summed E-state index contributed by atoms with van der Waals surface area (Å²) in [4.78, 5) is 3.90. The van der Waals surface area contributed by atoms with Crippen LogP contribution in [0.4, 0.5) is 17.3 Å². The number of hydrogen-bond donors (Lipinski definition) is 0. The van der Waals surface area contributed by atoms with Crippen molar-refractivity contribution in [1.82, 2.24) is 4.48 Å². The molecule has 2 aliphatic heterocycles. The zero-order chi connectivity index (χ0) is 36.7. The predicted octanol–water partition coefficient (Wildman–Crippen LogP) is 13.2. The molecule has 0 saturated heterocycles. The fourth-order valence-electron chi connectivity index (χ4n) is 10.8. The van der Waals surface area contributed by atoms with Gasteiger partial charge in [0.05, 0.1) is 20.9 Å². The summed E-state index contributed by atoms with van der Waals surface area (Å²) in [7, 11) is 0. The molecular formula is C49H37BN2OS2. The molecule has 13 rings (SSSR count). The van der Waals surface area contributed by atoms with Crippen LogP contribution >= 0.6 is 22.7 Å². The summed E-state index contributed by atoms with van der Waals surface area (Å²) in [6.07, 6.45) is 2.36. The molecule has 10 aromatic rings. The van der Waals surface area contributed by atoms with Crippen LogP contribution < -0.4 is 15.8 Å². The second-order valence-electron chi connectivity index (χ2n) is 17.5. The maximum absolute atomic E-state index is 7.28. The molecule has 3 nitrogen and oxygen atoms in total. The first-order valence-electron chi connectivity index (χ1n) is 19.6. The number of aromatic nitrogens is 1. The molecule has 0 unspecified atom stereocenters. The number of anilines is 3. The third-order valence-corrected chi connectivity index (χ3v) is 15.9. The average molecular weight is 745 g/mol. The number of nitrogens with zero attached hydrogens (tertiary/aromatic N) is 2. The van der Waals surface area contributed by atoms with Crippen molar-refractivity contribution in [3.8, 4) is 11.1 Å². The molecule has 0 atom stereocenters. The molecule has 0 spiro atoms. The van der Waals surface area contributed by atoms with Crippen LogP contribution in [0.1, 0.15) is 57.2 Å². The number of aryl methyl sites for hydroxylation is 1. The van der Waals surface area contributed by atoms with Crippen LogP contribution in [0, 0.1) is 6.92 Å². The third kappa shape index (κ3) is 3.73. The van der Waals surface area contributed by atoms with Crippen LogP contribution in [0.3, 0.4) is 0 Å². The molecule has 4 aromatic heterocycles. The van der Waals surface area contributed by atoms with E-state index in [2.05, 4.69) is 153 Å². The zero-order valence-electron chi connectivity index (χ0n) is 31.5. The number of furan rings is 1. The normalized spacial score (nSPS) is 16.5. The minimum absolute atomic E-state index is 0.0633. The number of fused-ring (bicyclic) bond motifs is 16. The summed E-state index contributed by atoms with van der Waals surface area (Å²) < 4.78 is 14.0. The van der Waals surface area contributed by atoms with Crippen LogP contribution in [0.5, 0.6) is 0 Å². The SMILES string of the molecule is Cc1cc2c(cc1N1c3oc4ccccc4c3B3c4c(cc5c(sc6ccccc65)c41)-c1cccc4c5c6ccccc6sc5n3c14)C(C)(C)CCC2(C)C. The second kappa shape index (κ2) is 10.1. The van der Waals surface area contributed by atoms with Gasteiger partial charge in [0.2, 0.25) is 5.88 Å². The van der Waals surface area contributed by atoms with Gasteiger partial charge < -0.3 is 8.90 Å². The molecule has 0 amide bonds. The van der Waals surface area contributed by atoms with Gasteiger partial charge in [0.25, 0.3) is 0 Å². The van der Waals surface area contributed by atoms with E-state index in [1.807, 2.05) is 22.7 Å².